The smallest absolute Gasteiger partial charge is 0.0235 e. The van der Waals surface area contributed by atoms with E-state index in [2.05, 4.69) is 24.1 Å². The molecule has 2 heteroatoms. The van der Waals surface area contributed by atoms with Gasteiger partial charge in [0, 0.05) is 25.2 Å². The van der Waals surface area contributed by atoms with Crippen molar-refractivity contribution in [3.8, 4) is 0 Å². The van der Waals surface area contributed by atoms with E-state index in [1.165, 1.54) is 32.5 Å². The van der Waals surface area contributed by atoms with Crippen molar-refractivity contribution >= 4 is 0 Å². The number of fused-ring (bicyclic) bond motifs is 1. The van der Waals surface area contributed by atoms with Gasteiger partial charge < -0.3 is 5.32 Å². The molecule has 2 heterocycles. The first-order valence-corrected chi connectivity index (χ1v) is 5.25. The van der Waals surface area contributed by atoms with E-state index in [4.69, 9.17) is 0 Å². The molecule has 2 aliphatic heterocycles. The van der Waals surface area contributed by atoms with E-state index in [-0.39, 0.29) is 0 Å². The van der Waals surface area contributed by atoms with Gasteiger partial charge in [-0.2, -0.15) is 0 Å². The van der Waals surface area contributed by atoms with Crippen LogP contribution in [0.2, 0.25) is 0 Å². The van der Waals surface area contributed by atoms with Crippen LogP contribution in [0.3, 0.4) is 0 Å². The Morgan fingerprint density at radius 1 is 1.33 bits per heavy atom. The molecule has 0 bridgehead atoms. The lowest BCUT2D eigenvalue weighted by Crippen LogP contribution is -2.41. The fourth-order valence-corrected chi connectivity index (χ4v) is 2.50. The molecule has 12 heavy (non-hydrogen) atoms. The zero-order valence-electron chi connectivity index (χ0n) is 8.21. The van der Waals surface area contributed by atoms with Gasteiger partial charge in [-0.05, 0) is 39.2 Å². The Balaban J connectivity index is 1.94. The van der Waals surface area contributed by atoms with E-state index in [0.717, 1.165) is 18.0 Å². The Hall–Kier alpha value is -0.0800. The zero-order valence-corrected chi connectivity index (χ0v) is 8.21. The van der Waals surface area contributed by atoms with Gasteiger partial charge in [0.2, 0.25) is 0 Å². The summed E-state index contributed by atoms with van der Waals surface area (Å²) < 4.78 is 0. The van der Waals surface area contributed by atoms with Gasteiger partial charge >= 0.3 is 0 Å². The summed E-state index contributed by atoms with van der Waals surface area (Å²) in [5.74, 6) is 0.946. The summed E-state index contributed by atoms with van der Waals surface area (Å²) in [7, 11) is 0. The number of likely N-dealkylation sites (tertiary alicyclic amines) is 1. The molecular formula is C10H20N2. The predicted molar refractivity (Wildman–Crippen MR) is 51.2 cm³/mol. The zero-order chi connectivity index (χ0) is 8.55. The van der Waals surface area contributed by atoms with Crippen LogP contribution < -0.4 is 5.32 Å². The van der Waals surface area contributed by atoms with Crippen LogP contribution in [0.25, 0.3) is 0 Å². The van der Waals surface area contributed by atoms with Crippen molar-refractivity contribution in [1.82, 2.24) is 10.2 Å². The molecular weight excluding hydrogens is 148 g/mol. The first-order valence-electron chi connectivity index (χ1n) is 5.25. The Bertz CT molecular complexity index is 142. The minimum absolute atomic E-state index is 0.734. The van der Waals surface area contributed by atoms with Crippen molar-refractivity contribution in [2.75, 3.05) is 19.6 Å². The molecule has 2 aliphatic rings. The average Bonchev–Trinajstić information content (AvgIpc) is 2.46. The maximum absolute atomic E-state index is 3.62. The lowest BCUT2D eigenvalue weighted by Gasteiger charge is -2.24. The van der Waals surface area contributed by atoms with Gasteiger partial charge in [0.05, 0.1) is 0 Å². The molecule has 2 fully saturated rings. The summed E-state index contributed by atoms with van der Waals surface area (Å²) >= 11 is 0. The normalized spacial score (nSPS) is 37.2. The first-order chi connectivity index (χ1) is 5.77. The molecule has 2 atom stereocenters. The van der Waals surface area contributed by atoms with Crippen LogP contribution >= 0.6 is 0 Å². The van der Waals surface area contributed by atoms with Crippen LogP contribution in [0.5, 0.6) is 0 Å². The molecule has 0 aliphatic carbocycles. The Morgan fingerprint density at radius 2 is 2.17 bits per heavy atom. The molecule has 0 aromatic carbocycles. The molecule has 2 saturated heterocycles. The molecule has 2 nitrogen and oxygen atoms in total. The lowest BCUT2D eigenvalue weighted by molar-refractivity contribution is 0.263. The van der Waals surface area contributed by atoms with Gasteiger partial charge in [-0.3, -0.25) is 4.90 Å². The van der Waals surface area contributed by atoms with E-state index in [9.17, 15) is 0 Å². The van der Waals surface area contributed by atoms with E-state index in [1.54, 1.807) is 0 Å². The van der Waals surface area contributed by atoms with E-state index in [1.807, 2.05) is 0 Å². The molecule has 0 aromatic heterocycles. The third kappa shape index (κ3) is 1.50. The molecule has 0 unspecified atom stereocenters. The van der Waals surface area contributed by atoms with Crippen molar-refractivity contribution in [3.63, 3.8) is 0 Å². The predicted octanol–water partition coefficient (Wildman–Crippen LogP) is 1.08. The summed E-state index contributed by atoms with van der Waals surface area (Å²) in [4.78, 5) is 2.60. The minimum atomic E-state index is 0.734. The molecule has 0 aromatic rings. The highest BCUT2D eigenvalue weighted by Gasteiger charge is 2.34. The number of piperidine rings is 1. The summed E-state index contributed by atoms with van der Waals surface area (Å²) in [6.07, 6.45) is 2.83. The molecule has 2 rings (SSSR count). The summed E-state index contributed by atoms with van der Waals surface area (Å²) in [5, 5.41) is 3.62. The van der Waals surface area contributed by atoms with Crippen LogP contribution in [0.15, 0.2) is 0 Å². The second-order valence-electron chi connectivity index (χ2n) is 4.51. The Kier molecular flexibility index (Phi) is 2.37. The van der Waals surface area contributed by atoms with Crippen LogP contribution in [0, 0.1) is 5.92 Å². The van der Waals surface area contributed by atoms with Crippen molar-refractivity contribution in [2.24, 2.45) is 5.92 Å². The van der Waals surface area contributed by atoms with Gasteiger partial charge in [-0.25, -0.2) is 0 Å². The van der Waals surface area contributed by atoms with Crippen molar-refractivity contribution in [1.29, 1.82) is 0 Å². The standard InChI is InChI=1S/C10H20N2/c1-8(2)12-6-9-4-3-5-11-10(9)7-12/h8-11H,3-7H2,1-2H3/t9-,10+/m0/s1. The van der Waals surface area contributed by atoms with Crippen molar-refractivity contribution in [2.45, 2.75) is 38.8 Å². The monoisotopic (exact) mass is 168 g/mol. The van der Waals surface area contributed by atoms with E-state index >= 15 is 0 Å². The molecule has 0 amide bonds. The third-order valence-electron chi connectivity index (χ3n) is 3.36. The minimum Gasteiger partial charge on any atom is -0.312 e. The Labute approximate surface area is 75.3 Å². The number of hydrogen-bond donors (Lipinski definition) is 1. The first kappa shape index (κ1) is 8.52. The maximum atomic E-state index is 3.62. The quantitative estimate of drug-likeness (QED) is 0.630. The van der Waals surface area contributed by atoms with Gasteiger partial charge in [-0.1, -0.05) is 0 Å². The molecule has 0 radical (unpaired) electrons. The number of rotatable bonds is 1. The number of nitrogens with zero attached hydrogens (tertiary/aromatic N) is 1. The van der Waals surface area contributed by atoms with Crippen molar-refractivity contribution in [3.05, 3.63) is 0 Å². The van der Waals surface area contributed by atoms with Crippen LogP contribution in [-0.4, -0.2) is 36.6 Å². The number of nitrogens with one attached hydrogen (secondary N) is 1. The highest BCUT2D eigenvalue weighted by Crippen LogP contribution is 2.25. The van der Waals surface area contributed by atoms with Crippen molar-refractivity contribution < 1.29 is 0 Å². The topological polar surface area (TPSA) is 15.3 Å². The van der Waals surface area contributed by atoms with Gasteiger partial charge in [-0.15, -0.1) is 0 Å². The fourth-order valence-electron chi connectivity index (χ4n) is 2.50. The SMILES string of the molecule is CC(C)N1C[C@@H]2CCCN[C@@H]2C1. The molecule has 70 valence electrons. The third-order valence-corrected chi connectivity index (χ3v) is 3.36. The molecule has 0 spiro atoms. The summed E-state index contributed by atoms with van der Waals surface area (Å²) in [6.45, 7) is 8.46. The summed E-state index contributed by atoms with van der Waals surface area (Å²) in [6, 6.07) is 1.54. The molecule has 1 N–H and O–H groups in total. The van der Waals surface area contributed by atoms with E-state index in [0.29, 0.717) is 0 Å². The molecule has 0 saturated carbocycles. The van der Waals surface area contributed by atoms with Gasteiger partial charge in [0.15, 0.2) is 0 Å². The summed E-state index contributed by atoms with van der Waals surface area (Å²) in [5.41, 5.74) is 0. The number of hydrogen-bond acceptors (Lipinski definition) is 2. The lowest BCUT2D eigenvalue weighted by atomic mass is 9.94. The van der Waals surface area contributed by atoms with Crippen LogP contribution in [0.4, 0.5) is 0 Å². The van der Waals surface area contributed by atoms with Crippen LogP contribution in [-0.2, 0) is 0 Å². The van der Waals surface area contributed by atoms with Crippen LogP contribution in [0.1, 0.15) is 26.7 Å². The van der Waals surface area contributed by atoms with Gasteiger partial charge in [0.1, 0.15) is 0 Å². The van der Waals surface area contributed by atoms with E-state index < -0.39 is 0 Å². The maximum Gasteiger partial charge on any atom is 0.0235 e. The highest BCUT2D eigenvalue weighted by atomic mass is 15.2. The Morgan fingerprint density at radius 3 is 2.83 bits per heavy atom. The highest BCUT2D eigenvalue weighted by molar-refractivity contribution is 4.92. The second kappa shape index (κ2) is 3.35. The largest absolute Gasteiger partial charge is 0.312 e. The second-order valence-corrected chi connectivity index (χ2v) is 4.51. The van der Waals surface area contributed by atoms with Gasteiger partial charge in [0.25, 0.3) is 0 Å². The fraction of sp³-hybridized carbons (Fsp3) is 1.00. The average molecular weight is 168 g/mol.